The molecule has 0 spiro atoms. The van der Waals surface area contributed by atoms with Crippen molar-refractivity contribution in [1.82, 2.24) is 10.2 Å². The molecule has 5 nitrogen and oxygen atoms in total. The average molecular weight is 284 g/mol. The third-order valence-electron chi connectivity index (χ3n) is 4.42. The summed E-state index contributed by atoms with van der Waals surface area (Å²) < 4.78 is 0. The van der Waals surface area contributed by atoms with E-state index in [9.17, 15) is 4.79 Å². The first kappa shape index (κ1) is 14.1. The fourth-order valence-electron chi connectivity index (χ4n) is 3.25. The van der Waals surface area contributed by atoms with Crippen molar-refractivity contribution in [3.63, 3.8) is 0 Å². The molecular weight excluding hydrogens is 264 g/mol. The van der Waals surface area contributed by atoms with Crippen LogP contribution in [0.2, 0.25) is 0 Å². The number of nitrogens with one attached hydrogen (secondary N) is 2. The molecule has 1 amide bonds. The topological polar surface area (TPSA) is 68.2 Å². The normalized spacial score (nSPS) is 24.5. The second kappa shape index (κ2) is 6.25. The van der Waals surface area contributed by atoms with E-state index in [1.165, 1.54) is 0 Å². The lowest BCUT2D eigenvalue weighted by Gasteiger charge is -2.16. The highest BCUT2D eigenvalue weighted by molar-refractivity contribution is 5.90. The summed E-state index contributed by atoms with van der Waals surface area (Å²) in [5.74, 6) is 1.58. The Labute approximate surface area is 124 Å². The Balaban J connectivity index is 1.43. The number of hydrogen-bond donors (Lipinski definition) is 2. The number of fused-ring (bicyclic) bond motifs is 1. The van der Waals surface area contributed by atoms with Crippen LogP contribution >= 0.6 is 0 Å². The molecule has 2 fully saturated rings. The summed E-state index contributed by atoms with van der Waals surface area (Å²) in [5, 5.41) is 15.0. The predicted molar refractivity (Wildman–Crippen MR) is 80.7 cm³/mol. The first-order valence-corrected chi connectivity index (χ1v) is 7.47. The van der Waals surface area contributed by atoms with Crippen LogP contribution in [0.25, 0.3) is 0 Å². The quantitative estimate of drug-likeness (QED) is 0.867. The van der Waals surface area contributed by atoms with E-state index >= 15 is 0 Å². The number of carbonyl (C=O) groups is 1. The summed E-state index contributed by atoms with van der Waals surface area (Å²) in [6.45, 7) is 5.30. The van der Waals surface area contributed by atoms with E-state index < -0.39 is 0 Å². The Bertz CT molecular complexity index is 536. The van der Waals surface area contributed by atoms with Crippen LogP contribution in [0.3, 0.4) is 0 Å². The molecule has 0 saturated carbocycles. The number of benzene rings is 1. The summed E-state index contributed by atoms with van der Waals surface area (Å²) in [5.41, 5.74) is 1.35. The number of rotatable bonds is 4. The molecule has 5 heteroatoms. The first-order valence-electron chi connectivity index (χ1n) is 7.47. The molecular formula is C16H20N4O. The largest absolute Gasteiger partial charge is 0.326 e. The van der Waals surface area contributed by atoms with Gasteiger partial charge in [-0.2, -0.15) is 5.26 Å². The van der Waals surface area contributed by atoms with Gasteiger partial charge in [0, 0.05) is 31.7 Å². The zero-order chi connectivity index (χ0) is 14.7. The van der Waals surface area contributed by atoms with Crippen LogP contribution in [0, 0.1) is 23.2 Å². The predicted octanol–water partition coefficient (Wildman–Crippen LogP) is 1.04. The summed E-state index contributed by atoms with van der Waals surface area (Å²) in [7, 11) is 0. The Morgan fingerprint density at radius 2 is 1.95 bits per heavy atom. The van der Waals surface area contributed by atoms with Crippen LogP contribution in [0.5, 0.6) is 0 Å². The number of carbonyl (C=O) groups excluding carboxylic acids is 1. The Hall–Kier alpha value is -1.90. The van der Waals surface area contributed by atoms with Gasteiger partial charge in [0.2, 0.25) is 5.91 Å². The minimum absolute atomic E-state index is 0.0369. The molecule has 2 aliphatic rings. The third kappa shape index (κ3) is 3.41. The van der Waals surface area contributed by atoms with Crippen LogP contribution in [0.15, 0.2) is 24.3 Å². The van der Waals surface area contributed by atoms with Gasteiger partial charge in [0.25, 0.3) is 0 Å². The lowest BCUT2D eigenvalue weighted by Crippen LogP contribution is -2.29. The number of nitrogens with zero attached hydrogens (tertiary/aromatic N) is 2. The maximum atomic E-state index is 12.0. The van der Waals surface area contributed by atoms with Crippen molar-refractivity contribution in [2.45, 2.75) is 6.42 Å². The van der Waals surface area contributed by atoms with Crippen molar-refractivity contribution in [2.24, 2.45) is 11.8 Å². The number of amides is 1. The zero-order valence-corrected chi connectivity index (χ0v) is 12.0. The van der Waals surface area contributed by atoms with Crippen LogP contribution in [-0.4, -0.2) is 43.5 Å². The number of nitriles is 1. The highest BCUT2D eigenvalue weighted by Gasteiger charge is 2.35. The molecule has 21 heavy (non-hydrogen) atoms. The highest BCUT2D eigenvalue weighted by atomic mass is 16.1. The van der Waals surface area contributed by atoms with E-state index in [4.69, 9.17) is 5.26 Å². The smallest absolute Gasteiger partial charge is 0.225 e. The monoisotopic (exact) mass is 284 g/mol. The van der Waals surface area contributed by atoms with Gasteiger partial charge in [0.1, 0.15) is 0 Å². The highest BCUT2D eigenvalue weighted by Crippen LogP contribution is 2.26. The molecule has 2 N–H and O–H groups in total. The van der Waals surface area contributed by atoms with Gasteiger partial charge in [0.15, 0.2) is 0 Å². The van der Waals surface area contributed by atoms with E-state index in [0.717, 1.165) is 50.2 Å². The summed E-state index contributed by atoms with van der Waals surface area (Å²) in [6, 6.07) is 9.02. The molecule has 1 aromatic carbocycles. The molecule has 0 aliphatic carbocycles. The van der Waals surface area contributed by atoms with Gasteiger partial charge in [-0.05, 0) is 49.2 Å². The minimum atomic E-state index is 0.0369. The molecule has 0 unspecified atom stereocenters. The number of anilines is 1. The molecule has 1 aromatic rings. The molecule has 110 valence electrons. The van der Waals surface area contributed by atoms with Crippen LogP contribution < -0.4 is 10.6 Å². The summed E-state index contributed by atoms with van der Waals surface area (Å²) >= 11 is 0. The maximum absolute atomic E-state index is 12.0. The Kier molecular flexibility index (Phi) is 4.18. The van der Waals surface area contributed by atoms with Crippen molar-refractivity contribution in [3.8, 4) is 6.07 Å². The number of hydrogen-bond acceptors (Lipinski definition) is 4. The van der Waals surface area contributed by atoms with Gasteiger partial charge in [-0.15, -0.1) is 0 Å². The lowest BCUT2D eigenvalue weighted by molar-refractivity contribution is -0.116. The standard InChI is InChI=1S/C16H20N4O/c17-7-12-1-3-15(4-2-12)19-16(21)5-6-20-10-13-8-18-9-14(13)11-20/h1-4,13-14,18H,5-6,8-11H2,(H,19,21)/t13-,14+. The van der Waals surface area contributed by atoms with Crippen LogP contribution in [0.4, 0.5) is 5.69 Å². The van der Waals surface area contributed by atoms with Crippen molar-refractivity contribution in [1.29, 1.82) is 5.26 Å². The molecule has 2 atom stereocenters. The van der Waals surface area contributed by atoms with Gasteiger partial charge in [-0.3, -0.25) is 4.79 Å². The minimum Gasteiger partial charge on any atom is -0.326 e. The first-order chi connectivity index (χ1) is 10.2. The van der Waals surface area contributed by atoms with Gasteiger partial charge >= 0.3 is 0 Å². The van der Waals surface area contributed by atoms with Crippen LogP contribution in [-0.2, 0) is 4.79 Å². The van der Waals surface area contributed by atoms with E-state index in [1.54, 1.807) is 24.3 Å². The molecule has 3 rings (SSSR count). The average Bonchev–Trinajstić information content (AvgIpc) is 3.07. The second-order valence-electron chi connectivity index (χ2n) is 5.93. The van der Waals surface area contributed by atoms with Crippen molar-refractivity contribution < 1.29 is 4.79 Å². The number of likely N-dealkylation sites (tertiary alicyclic amines) is 1. The molecule has 2 saturated heterocycles. The van der Waals surface area contributed by atoms with Gasteiger partial charge < -0.3 is 15.5 Å². The molecule has 2 aliphatic heterocycles. The van der Waals surface area contributed by atoms with Crippen LogP contribution in [0.1, 0.15) is 12.0 Å². The molecule has 0 radical (unpaired) electrons. The van der Waals surface area contributed by atoms with E-state index in [-0.39, 0.29) is 5.91 Å². The van der Waals surface area contributed by atoms with Gasteiger partial charge in [-0.25, -0.2) is 0 Å². The van der Waals surface area contributed by atoms with Crippen molar-refractivity contribution >= 4 is 11.6 Å². The second-order valence-corrected chi connectivity index (χ2v) is 5.93. The van der Waals surface area contributed by atoms with Crippen molar-refractivity contribution in [2.75, 3.05) is 38.0 Å². The van der Waals surface area contributed by atoms with Gasteiger partial charge in [-0.1, -0.05) is 0 Å². The van der Waals surface area contributed by atoms with E-state index in [2.05, 4.69) is 21.6 Å². The zero-order valence-electron chi connectivity index (χ0n) is 12.0. The lowest BCUT2D eigenvalue weighted by atomic mass is 10.0. The maximum Gasteiger partial charge on any atom is 0.225 e. The van der Waals surface area contributed by atoms with E-state index in [1.807, 2.05) is 0 Å². The SMILES string of the molecule is N#Cc1ccc(NC(=O)CCN2C[C@H]3CNC[C@H]3C2)cc1. The molecule has 0 bridgehead atoms. The van der Waals surface area contributed by atoms with Gasteiger partial charge in [0.05, 0.1) is 11.6 Å². The summed E-state index contributed by atoms with van der Waals surface area (Å²) in [4.78, 5) is 14.4. The molecule has 0 aromatic heterocycles. The Morgan fingerprint density at radius 3 is 2.57 bits per heavy atom. The Morgan fingerprint density at radius 1 is 1.29 bits per heavy atom. The van der Waals surface area contributed by atoms with Crippen molar-refractivity contribution in [3.05, 3.63) is 29.8 Å². The fourth-order valence-corrected chi connectivity index (χ4v) is 3.25. The summed E-state index contributed by atoms with van der Waals surface area (Å²) in [6.07, 6.45) is 0.521. The third-order valence-corrected chi connectivity index (χ3v) is 4.42. The van der Waals surface area contributed by atoms with E-state index in [0.29, 0.717) is 12.0 Å². The fraction of sp³-hybridized carbons (Fsp3) is 0.500. The molecule has 2 heterocycles.